The van der Waals surface area contributed by atoms with Crippen molar-refractivity contribution in [2.45, 2.75) is 13.0 Å². The second-order valence-electron chi connectivity index (χ2n) is 6.84. The van der Waals surface area contributed by atoms with Gasteiger partial charge >= 0.3 is 0 Å². The average molecular weight is 366 g/mol. The maximum absolute atomic E-state index is 12.0. The second kappa shape index (κ2) is 6.50. The molecular formula is C24H18N2O2. The van der Waals surface area contributed by atoms with E-state index in [1.54, 1.807) is 0 Å². The first-order valence-corrected chi connectivity index (χ1v) is 9.27. The second-order valence-corrected chi connectivity index (χ2v) is 6.84. The summed E-state index contributed by atoms with van der Waals surface area (Å²) >= 11 is 0. The third-order valence-electron chi connectivity index (χ3n) is 5.22. The molecule has 0 saturated heterocycles. The number of benzene rings is 3. The zero-order chi connectivity index (χ0) is 19.1. The third-order valence-corrected chi connectivity index (χ3v) is 5.22. The summed E-state index contributed by atoms with van der Waals surface area (Å²) in [4.78, 5) is 16.7. The molecule has 1 atom stereocenters. The van der Waals surface area contributed by atoms with Gasteiger partial charge in [-0.15, -0.1) is 0 Å². The van der Waals surface area contributed by atoms with E-state index in [0.29, 0.717) is 5.82 Å². The molecule has 5 rings (SSSR count). The Bertz CT molecular complexity index is 1180. The van der Waals surface area contributed by atoms with Crippen LogP contribution in [0.5, 0.6) is 11.5 Å². The number of rotatable bonds is 3. The molecular weight excluding hydrogens is 348 g/mol. The molecule has 0 bridgehead atoms. The van der Waals surface area contributed by atoms with E-state index in [1.807, 2.05) is 71.3 Å². The van der Waals surface area contributed by atoms with Crippen molar-refractivity contribution in [1.29, 1.82) is 0 Å². The van der Waals surface area contributed by atoms with Crippen molar-refractivity contribution < 1.29 is 9.53 Å². The number of aromatic nitrogens is 2. The molecule has 0 fully saturated rings. The highest BCUT2D eigenvalue weighted by molar-refractivity contribution is 5.89. The minimum Gasteiger partial charge on any atom is -0.456 e. The van der Waals surface area contributed by atoms with Crippen LogP contribution in [0, 0.1) is 0 Å². The molecule has 0 N–H and O–H groups in total. The van der Waals surface area contributed by atoms with Gasteiger partial charge in [0.2, 0.25) is 0 Å². The summed E-state index contributed by atoms with van der Waals surface area (Å²) in [6.45, 7) is 2.09. The number of ether oxygens (including phenoxy) is 1. The molecule has 1 aliphatic rings. The first kappa shape index (κ1) is 16.5. The van der Waals surface area contributed by atoms with Gasteiger partial charge in [0.1, 0.15) is 17.2 Å². The standard InChI is InChI=1S/C24H18N2O2/c1-16(17-9-3-2-4-10-17)26-22(15-27)25-23-18-11-5-7-13-20(18)28-21-14-8-6-12-19(21)24(23)26/h2-16H,1H3. The van der Waals surface area contributed by atoms with Crippen LogP contribution >= 0.6 is 0 Å². The Morgan fingerprint density at radius 2 is 1.46 bits per heavy atom. The van der Waals surface area contributed by atoms with Crippen LogP contribution < -0.4 is 4.74 Å². The minimum absolute atomic E-state index is 0.0593. The van der Waals surface area contributed by atoms with Crippen molar-refractivity contribution in [1.82, 2.24) is 9.55 Å². The van der Waals surface area contributed by atoms with Gasteiger partial charge in [-0.3, -0.25) is 4.79 Å². The smallest absolute Gasteiger partial charge is 0.185 e. The highest BCUT2D eigenvalue weighted by Gasteiger charge is 2.29. The van der Waals surface area contributed by atoms with Crippen molar-refractivity contribution in [3.63, 3.8) is 0 Å². The maximum Gasteiger partial charge on any atom is 0.185 e. The predicted molar refractivity (Wildman–Crippen MR) is 109 cm³/mol. The number of carbonyl (C=O) groups excluding carboxylic acids is 1. The number of carbonyl (C=O) groups is 1. The number of nitrogens with zero attached hydrogens (tertiary/aromatic N) is 2. The molecule has 4 heteroatoms. The molecule has 0 aliphatic carbocycles. The molecule has 136 valence electrons. The summed E-state index contributed by atoms with van der Waals surface area (Å²) in [6.07, 6.45) is 0.833. The van der Waals surface area contributed by atoms with Crippen LogP contribution in [0.4, 0.5) is 0 Å². The van der Waals surface area contributed by atoms with E-state index < -0.39 is 0 Å². The fourth-order valence-corrected chi connectivity index (χ4v) is 3.87. The molecule has 28 heavy (non-hydrogen) atoms. The van der Waals surface area contributed by atoms with Gasteiger partial charge in [0.25, 0.3) is 0 Å². The van der Waals surface area contributed by atoms with Crippen molar-refractivity contribution in [2.75, 3.05) is 0 Å². The highest BCUT2D eigenvalue weighted by Crippen LogP contribution is 2.47. The van der Waals surface area contributed by atoms with E-state index in [4.69, 9.17) is 9.72 Å². The fourth-order valence-electron chi connectivity index (χ4n) is 3.87. The number of aldehydes is 1. The molecule has 1 aromatic heterocycles. The van der Waals surface area contributed by atoms with Crippen molar-refractivity contribution >= 4 is 6.29 Å². The molecule has 0 saturated carbocycles. The van der Waals surface area contributed by atoms with Gasteiger partial charge in [-0.2, -0.15) is 0 Å². The number of imidazole rings is 1. The number of hydrogen-bond donors (Lipinski definition) is 0. The summed E-state index contributed by atoms with van der Waals surface area (Å²) < 4.78 is 8.23. The summed E-state index contributed by atoms with van der Waals surface area (Å²) in [5.74, 6) is 1.91. The average Bonchev–Trinajstić information content (AvgIpc) is 3.07. The monoisotopic (exact) mass is 366 g/mol. The number of hydrogen-bond acceptors (Lipinski definition) is 3. The molecule has 0 amide bonds. The van der Waals surface area contributed by atoms with Crippen molar-refractivity contribution in [3.05, 3.63) is 90.3 Å². The molecule has 1 aliphatic heterocycles. The largest absolute Gasteiger partial charge is 0.456 e. The fraction of sp³-hybridized carbons (Fsp3) is 0.0833. The van der Waals surface area contributed by atoms with Crippen LogP contribution in [0.2, 0.25) is 0 Å². The van der Waals surface area contributed by atoms with Gasteiger partial charge in [0, 0.05) is 11.1 Å². The van der Waals surface area contributed by atoms with E-state index in [1.165, 1.54) is 0 Å². The third kappa shape index (κ3) is 2.46. The maximum atomic E-state index is 12.0. The van der Waals surface area contributed by atoms with E-state index in [0.717, 1.165) is 45.9 Å². The van der Waals surface area contributed by atoms with Crippen molar-refractivity contribution in [3.8, 4) is 34.0 Å². The van der Waals surface area contributed by atoms with Crippen LogP contribution in [0.1, 0.15) is 29.1 Å². The Morgan fingerprint density at radius 1 is 0.857 bits per heavy atom. The normalized spacial score (nSPS) is 12.8. The topological polar surface area (TPSA) is 44.1 Å². The van der Waals surface area contributed by atoms with Gasteiger partial charge in [-0.1, -0.05) is 54.6 Å². The lowest BCUT2D eigenvalue weighted by Crippen LogP contribution is -2.12. The van der Waals surface area contributed by atoms with Gasteiger partial charge in [0.05, 0.1) is 11.7 Å². The van der Waals surface area contributed by atoms with E-state index in [2.05, 4.69) is 19.1 Å². The van der Waals surface area contributed by atoms with Crippen LogP contribution in [0.3, 0.4) is 0 Å². The molecule has 4 nitrogen and oxygen atoms in total. The lowest BCUT2D eigenvalue weighted by molar-refractivity contribution is 0.111. The van der Waals surface area contributed by atoms with Gasteiger partial charge in [-0.25, -0.2) is 4.98 Å². The summed E-state index contributed by atoms with van der Waals surface area (Å²) in [6, 6.07) is 25.8. The van der Waals surface area contributed by atoms with Gasteiger partial charge < -0.3 is 9.30 Å². The lowest BCUT2D eigenvalue weighted by atomic mass is 10.0. The van der Waals surface area contributed by atoms with E-state index in [-0.39, 0.29) is 6.04 Å². The zero-order valence-corrected chi connectivity index (χ0v) is 15.4. The van der Waals surface area contributed by atoms with Crippen LogP contribution in [-0.4, -0.2) is 15.8 Å². The van der Waals surface area contributed by atoms with E-state index in [9.17, 15) is 4.79 Å². The Labute approximate surface area is 163 Å². The Hall–Kier alpha value is -3.66. The lowest BCUT2D eigenvalue weighted by Gasteiger charge is -2.19. The van der Waals surface area contributed by atoms with Gasteiger partial charge in [0.15, 0.2) is 12.1 Å². The number of fused-ring (bicyclic) bond motifs is 5. The predicted octanol–water partition coefficient (Wildman–Crippen LogP) is 5.74. The van der Waals surface area contributed by atoms with E-state index >= 15 is 0 Å². The van der Waals surface area contributed by atoms with Crippen LogP contribution in [0.15, 0.2) is 78.9 Å². The molecule has 0 spiro atoms. The first-order chi connectivity index (χ1) is 13.8. The number of para-hydroxylation sites is 2. The molecule has 4 aromatic rings. The van der Waals surface area contributed by atoms with Crippen molar-refractivity contribution in [2.24, 2.45) is 0 Å². The quantitative estimate of drug-likeness (QED) is 0.382. The van der Waals surface area contributed by atoms with Gasteiger partial charge in [-0.05, 0) is 36.8 Å². The molecule has 0 radical (unpaired) electrons. The summed E-state index contributed by atoms with van der Waals surface area (Å²) in [7, 11) is 0. The summed E-state index contributed by atoms with van der Waals surface area (Å²) in [5.41, 5.74) is 4.60. The SMILES string of the molecule is CC(c1ccccc1)n1c(C=O)nc2c1-c1ccccc1Oc1ccccc1-2. The van der Waals surface area contributed by atoms with Crippen LogP contribution in [-0.2, 0) is 0 Å². The van der Waals surface area contributed by atoms with Crippen LogP contribution in [0.25, 0.3) is 22.5 Å². The Kier molecular flexibility index (Phi) is 3.83. The molecule has 3 aromatic carbocycles. The first-order valence-electron chi connectivity index (χ1n) is 9.27. The zero-order valence-electron chi connectivity index (χ0n) is 15.4. The molecule has 1 unspecified atom stereocenters. The molecule has 2 heterocycles. The minimum atomic E-state index is -0.0593. The Morgan fingerprint density at radius 3 is 2.18 bits per heavy atom. The Balaban J connectivity index is 1.86. The highest BCUT2D eigenvalue weighted by atomic mass is 16.5. The summed E-state index contributed by atoms with van der Waals surface area (Å²) in [5, 5.41) is 0.